The third-order valence-electron chi connectivity index (χ3n) is 5.53. The summed E-state index contributed by atoms with van der Waals surface area (Å²) in [6, 6.07) is 15.6. The number of aliphatic carboxylic acids is 1. The van der Waals surface area contributed by atoms with Gasteiger partial charge in [-0.15, -0.1) is 5.06 Å². The molecule has 0 fully saturated rings. The lowest BCUT2D eigenvalue weighted by Gasteiger charge is -2.24. The molecule has 0 bridgehead atoms. The van der Waals surface area contributed by atoms with Gasteiger partial charge in [-0.3, -0.25) is 0 Å². The van der Waals surface area contributed by atoms with Crippen LogP contribution in [0.2, 0.25) is 0 Å². The van der Waals surface area contributed by atoms with Crippen LogP contribution in [0.1, 0.15) is 67.2 Å². The van der Waals surface area contributed by atoms with Gasteiger partial charge in [0.15, 0.2) is 0 Å². The molecule has 2 rings (SSSR count). The average Bonchev–Trinajstić information content (AvgIpc) is 2.92. The first-order chi connectivity index (χ1) is 19.4. The third kappa shape index (κ3) is 13.8. The first-order valence-electron chi connectivity index (χ1n) is 13.4. The first-order valence-corrected chi connectivity index (χ1v) is 13.4. The minimum Gasteiger partial charge on any atom is -0.480 e. The van der Waals surface area contributed by atoms with E-state index in [1.807, 2.05) is 0 Å². The van der Waals surface area contributed by atoms with Crippen LogP contribution in [0.4, 0.5) is 4.79 Å². The number of amides is 1. The van der Waals surface area contributed by atoms with Gasteiger partial charge in [0.1, 0.15) is 11.6 Å². The summed E-state index contributed by atoms with van der Waals surface area (Å²) in [6.45, 7) is 5.34. The zero-order valence-electron chi connectivity index (χ0n) is 23.6. The van der Waals surface area contributed by atoms with E-state index in [-0.39, 0.29) is 32.5 Å². The number of nitrogens with one attached hydrogen (secondary N) is 2. The lowest BCUT2D eigenvalue weighted by atomic mass is 10.1. The normalized spacial score (nSPS) is 12.7. The van der Waals surface area contributed by atoms with Gasteiger partial charge in [-0.2, -0.15) is 5.48 Å². The summed E-state index contributed by atoms with van der Waals surface area (Å²) in [4.78, 5) is 58.7. The predicted molar refractivity (Wildman–Crippen MR) is 149 cm³/mol. The molecule has 0 unspecified atom stereocenters. The fourth-order valence-corrected chi connectivity index (χ4v) is 3.56. The summed E-state index contributed by atoms with van der Waals surface area (Å²) in [7, 11) is 0. The van der Waals surface area contributed by atoms with Crippen molar-refractivity contribution in [2.75, 3.05) is 19.6 Å². The highest BCUT2D eigenvalue weighted by Gasteiger charge is 2.24. The topological polar surface area (TPSA) is 164 Å². The van der Waals surface area contributed by atoms with Crippen LogP contribution in [0.5, 0.6) is 0 Å². The molecule has 2 aromatic rings. The van der Waals surface area contributed by atoms with Gasteiger partial charge in [-0.1, -0.05) is 36.4 Å². The molecule has 0 saturated carbocycles. The third-order valence-corrected chi connectivity index (χ3v) is 5.53. The molecule has 0 spiro atoms. The molecule has 0 aliphatic carbocycles. The Hall–Kier alpha value is -4.00. The summed E-state index contributed by atoms with van der Waals surface area (Å²) in [5, 5.41) is 23.7. The number of aliphatic hydroxyl groups is 1. The molecule has 2 aromatic carbocycles. The number of ether oxygens (including phenoxy) is 1. The SMILES string of the molecule is CC(C)(C)OC(=O)N[C@@H](CCCCN(C[C@@H](O)CCNOC(=O)c1ccccc1)OC(=O)c1ccccc1)C(=O)O. The Labute approximate surface area is 239 Å². The van der Waals surface area contributed by atoms with Gasteiger partial charge in [0.25, 0.3) is 0 Å². The van der Waals surface area contributed by atoms with Crippen molar-refractivity contribution in [1.82, 2.24) is 15.9 Å². The lowest BCUT2D eigenvalue weighted by Crippen LogP contribution is -2.43. The van der Waals surface area contributed by atoms with Crippen LogP contribution < -0.4 is 10.8 Å². The molecule has 0 heterocycles. The van der Waals surface area contributed by atoms with Gasteiger partial charge in [-0.05, 0) is 70.7 Å². The van der Waals surface area contributed by atoms with E-state index in [1.54, 1.807) is 81.4 Å². The molecule has 0 aromatic heterocycles. The number of aliphatic hydroxyl groups excluding tert-OH is 1. The zero-order chi connectivity index (χ0) is 30.3. The highest BCUT2D eigenvalue weighted by molar-refractivity contribution is 5.89. The molecular weight excluding hydrogens is 534 g/mol. The number of hydroxylamine groups is 3. The van der Waals surface area contributed by atoms with Gasteiger partial charge in [0.2, 0.25) is 0 Å². The molecule has 0 aliphatic heterocycles. The van der Waals surface area contributed by atoms with Crippen molar-refractivity contribution < 1.29 is 43.8 Å². The quantitative estimate of drug-likeness (QED) is 0.172. The summed E-state index contributed by atoms with van der Waals surface area (Å²) in [6.07, 6.45) is -0.686. The number of alkyl carbamates (subject to hydrolysis) is 1. The van der Waals surface area contributed by atoms with E-state index in [4.69, 9.17) is 14.4 Å². The van der Waals surface area contributed by atoms with E-state index >= 15 is 0 Å². The second kappa shape index (κ2) is 17.0. The second-order valence-corrected chi connectivity index (χ2v) is 10.3. The standard InChI is InChI=1S/C29H39N3O9/c1-29(2,3)39-28(38)31-24(25(34)35)16-10-11-19-32(41-27(37)22-14-8-5-9-15-22)20-23(33)17-18-30-40-26(36)21-12-6-4-7-13-21/h4-9,12-15,23-24,30,33H,10-11,16-20H2,1-3H3,(H,31,38)(H,34,35)/t23-,24-/m0/s1. The van der Waals surface area contributed by atoms with Crippen molar-refractivity contribution in [3.05, 3.63) is 71.8 Å². The maximum atomic E-state index is 12.6. The fourth-order valence-electron chi connectivity index (χ4n) is 3.56. The smallest absolute Gasteiger partial charge is 0.408 e. The number of rotatable bonds is 16. The molecule has 12 nitrogen and oxygen atoms in total. The Morgan fingerprint density at radius 3 is 2.02 bits per heavy atom. The van der Waals surface area contributed by atoms with Crippen LogP contribution in [-0.2, 0) is 19.2 Å². The van der Waals surface area contributed by atoms with Crippen LogP contribution >= 0.6 is 0 Å². The minimum atomic E-state index is -1.20. The van der Waals surface area contributed by atoms with Crippen molar-refractivity contribution in [1.29, 1.82) is 0 Å². The van der Waals surface area contributed by atoms with Crippen molar-refractivity contribution in [2.24, 2.45) is 0 Å². The number of hydrogen-bond donors (Lipinski definition) is 4. The Morgan fingerprint density at radius 1 is 0.878 bits per heavy atom. The highest BCUT2D eigenvalue weighted by Crippen LogP contribution is 2.11. The molecule has 0 aliphatic rings. The Morgan fingerprint density at radius 2 is 1.46 bits per heavy atom. The van der Waals surface area contributed by atoms with Gasteiger partial charge in [0.05, 0.1) is 23.8 Å². The average molecular weight is 574 g/mol. The van der Waals surface area contributed by atoms with Crippen LogP contribution in [0.3, 0.4) is 0 Å². The molecule has 224 valence electrons. The summed E-state index contributed by atoms with van der Waals surface area (Å²) in [5.41, 5.74) is 2.46. The van der Waals surface area contributed by atoms with Crippen LogP contribution in [0.25, 0.3) is 0 Å². The molecular formula is C29H39N3O9. The van der Waals surface area contributed by atoms with E-state index < -0.39 is 41.7 Å². The molecule has 4 N–H and O–H groups in total. The first kappa shape index (κ1) is 33.2. The minimum absolute atomic E-state index is 0.0363. The van der Waals surface area contributed by atoms with Gasteiger partial charge in [-0.25, -0.2) is 19.2 Å². The highest BCUT2D eigenvalue weighted by atomic mass is 16.7. The van der Waals surface area contributed by atoms with Crippen LogP contribution in [-0.4, -0.2) is 76.7 Å². The Bertz CT molecular complexity index is 1110. The van der Waals surface area contributed by atoms with Gasteiger partial charge in [0, 0.05) is 13.1 Å². The molecule has 1 amide bonds. The number of carbonyl (C=O) groups excluding carboxylic acids is 3. The van der Waals surface area contributed by atoms with E-state index in [9.17, 15) is 29.4 Å². The number of nitrogens with zero attached hydrogens (tertiary/aromatic N) is 1. The lowest BCUT2D eigenvalue weighted by molar-refractivity contribution is -0.139. The van der Waals surface area contributed by atoms with Crippen molar-refractivity contribution in [3.8, 4) is 0 Å². The van der Waals surface area contributed by atoms with Gasteiger partial charge < -0.3 is 29.9 Å². The number of hydrogen-bond acceptors (Lipinski definition) is 10. The van der Waals surface area contributed by atoms with E-state index in [0.717, 1.165) is 0 Å². The van der Waals surface area contributed by atoms with Crippen LogP contribution in [0, 0.1) is 0 Å². The fraction of sp³-hybridized carbons (Fsp3) is 0.448. The summed E-state index contributed by atoms with van der Waals surface area (Å²) < 4.78 is 5.13. The van der Waals surface area contributed by atoms with Crippen molar-refractivity contribution in [3.63, 3.8) is 0 Å². The Balaban J connectivity index is 1.86. The predicted octanol–water partition coefficient (Wildman–Crippen LogP) is 3.32. The monoisotopic (exact) mass is 573 g/mol. The summed E-state index contributed by atoms with van der Waals surface area (Å²) in [5.74, 6) is -2.36. The van der Waals surface area contributed by atoms with E-state index in [0.29, 0.717) is 24.0 Å². The van der Waals surface area contributed by atoms with Crippen molar-refractivity contribution in [2.45, 2.75) is 64.2 Å². The molecule has 12 heteroatoms. The zero-order valence-corrected chi connectivity index (χ0v) is 23.6. The number of carboxylic acid groups (broad SMARTS) is 1. The van der Waals surface area contributed by atoms with Gasteiger partial charge >= 0.3 is 24.0 Å². The number of benzene rings is 2. The maximum Gasteiger partial charge on any atom is 0.408 e. The largest absolute Gasteiger partial charge is 0.480 e. The van der Waals surface area contributed by atoms with Crippen LogP contribution in [0.15, 0.2) is 60.7 Å². The molecule has 2 atom stereocenters. The molecule has 41 heavy (non-hydrogen) atoms. The molecule has 0 radical (unpaired) electrons. The van der Waals surface area contributed by atoms with Crippen molar-refractivity contribution >= 4 is 24.0 Å². The maximum absolute atomic E-state index is 12.6. The number of unbranched alkanes of at least 4 members (excludes halogenated alkanes) is 1. The number of carboxylic acids is 1. The van der Waals surface area contributed by atoms with E-state index in [1.165, 1.54) is 5.06 Å². The second-order valence-electron chi connectivity index (χ2n) is 10.3. The molecule has 0 saturated heterocycles. The van der Waals surface area contributed by atoms with E-state index in [2.05, 4.69) is 10.8 Å². The Kier molecular flexibility index (Phi) is 13.7. The summed E-state index contributed by atoms with van der Waals surface area (Å²) >= 11 is 0. The number of carbonyl (C=O) groups is 4.